The Bertz CT molecular complexity index is 509. The second-order valence-corrected chi connectivity index (χ2v) is 5.79. The number of para-hydroxylation sites is 2. The van der Waals surface area contributed by atoms with Gasteiger partial charge in [0.1, 0.15) is 5.75 Å². The molecule has 0 aromatic heterocycles. The number of rotatable bonds is 3. The van der Waals surface area contributed by atoms with Crippen molar-refractivity contribution in [2.75, 3.05) is 50.8 Å². The Hall–Kier alpha value is -1.79. The molecule has 1 amide bonds. The molecule has 120 valence electrons. The Morgan fingerprint density at radius 1 is 1.27 bits per heavy atom. The SMILES string of the molecule is O=C(CC1COCCN1)N1CCN(c2ccccc2O)CC1. The third kappa shape index (κ3) is 3.51. The molecular weight excluding hydrogens is 282 g/mol. The van der Waals surface area contributed by atoms with E-state index in [1.54, 1.807) is 6.07 Å². The topological polar surface area (TPSA) is 65.0 Å². The summed E-state index contributed by atoms with van der Waals surface area (Å²) in [6, 6.07) is 7.48. The van der Waals surface area contributed by atoms with Gasteiger partial charge in [-0.1, -0.05) is 12.1 Å². The standard InChI is InChI=1S/C16H23N3O3/c20-15-4-2-1-3-14(15)18-6-8-19(9-7-18)16(21)11-13-12-22-10-5-17-13/h1-4,13,17,20H,5-12H2. The highest BCUT2D eigenvalue weighted by atomic mass is 16.5. The maximum absolute atomic E-state index is 12.3. The molecule has 6 nitrogen and oxygen atoms in total. The molecule has 0 spiro atoms. The number of anilines is 1. The van der Waals surface area contributed by atoms with E-state index < -0.39 is 0 Å². The molecule has 2 heterocycles. The van der Waals surface area contributed by atoms with Crippen LogP contribution in [0, 0.1) is 0 Å². The van der Waals surface area contributed by atoms with Crippen LogP contribution in [0.4, 0.5) is 5.69 Å². The zero-order valence-electron chi connectivity index (χ0n) is 12.7. The minimum absolute atomic E-state index is 0.137. The number of amides is 1. The lowest BCUT2D eigenvalue weighted by Crippen LogP contribution is -2.51. The highest BCUT2D eigenvalue weighted by Gasteiger charge is 2.25. The van der Waals surface area contributed by atoms with Gasteiger partial charge in [-0.05, 0) is 12.1 Å². The van der Waals surface area contributed by atoms with Crippen molar-refractivity contribution in [3.05, 3.63) is 24.3 Å². The first kappa shape index (κ1) is 15.1. The molecule has 2 fully saturated rings. The monoisotopic (exact) mass is 305 g/mol. The normalized spacial score (nSPS) is 22.6. The fourth-order valence-corrected chi connectivity index (χ4v) is 3.02. The van der Waals surface area contributed by atoms with Gasteiger partial charge in [0.15, 0.2) is 0 Å². The number of piperazine rings is 1. The molecule has 22 heavy (non-hydrogen) atoms. The van der Waals surface area contributed by atoms with E-state index in [0.29, 0.717) is 31.9 Å². The summed E-state index contributed by atoms with van der Waals surface area (Å²) in [5.41, 5.74) is 0.844. The average Bonchev–Trinajstić information content (AvgIpc) is 2.56. The van der Waals surface area contributed by atoms with Crippen LogP contribution in [0.3, 0.4) is 0 Å². The fraction of sp³-hybridized carbons (Fsp3) is 0.562. The summed E-state index contributed by atoms with van der Waals surface area (Å²) < 4.78 is 5.39. The largest absolute Gasteiger partial charge is 0.506 e. The van der Waals surface area contributed by atoms with Crippen molar-refractivity contribution in [2.45, 2.75) is 12.5 Å². The van der Waals surface area contributed by atoms with Gasteiger partial charge in [-0.15, -0.1) is 0 Å². The Morgan fingerprint density at radius 2 is 2.05 bits per heavy atom. The van der Waals surface area contributed by atoms with Crippen LogP contribution < -0.4 is 10.2 Å². The van der Waals surface area contributed by atoms with Gasteiger partial charge in [-0.2, -0.15) is 0 Å². The van der Waals surface area contributed by atoms with Gasteiger partial charge < -0.3 is 25.0 Å². The van der Waals surface area contributed by atoms with Gasteiger partial charge in [-0.3, -0.25) is 4.79 Å². The minimum atomic E-state index is 0.137. The number of phenols is 1. The molecule has 6 heteroatoms. The summed E-state index contributed by atoms with van der Waals surface area (Å²) in [5, 5.41) is 13.2. The summed E-state index contributed by atoms with van der Waals surface area (Å²) in [6.07, 6.45) is 0.497. The smallest absolute Gasteiger partial charge is 0.224 e. The number of nitrogens with zero attached hydrogens (tertiary/aromatic N) is 2. The number of ether oxygens (including phenoxy) is 1. The first-order valence-corrected chi connectivity index (χ1v) is 7.86. The Kier molecular flexibility index (Phi) is 4.80. The molecule has 3 rings (SSSR count). The molecule has 0 saturated carbocycles. The molecular formula is C16H23N3O3. The molecule has 0 bridgehead atoms. The number of aromatic hydroxyl groups is 1. The van der Waals surface area contributed by atoms with Crippen LogP contribution in [-0.2, 0) is 9.53 Å². The van der Waals surface area contributed by atoms with Crippen LogP contribution >= 0.6 is 0 Å². The third-order valence-corrected chi connectivity index (χ3v) is 4.27. The molecule has 0 radical (unpaired) electrons. The number of carbonyl (C=O) groups excluding carboxylic acids is 1. The van der Waals surface area contributed by atoms with Crippen molar-refractivity contribution in [3.63, 3.8) is 0 Å². The summed E-state index contributed by atoms with van der Waals surface area (Å²) >= 11 is 0. The number of benzene rings is 1. The number of morpholine rings is 1. The highest BCUT2D eigenvalue weighted by molar-refractivity contribution is 5.77. The van der Waals surface area contributed by atoms with E-state index >= 15 is 0 Å². The molecule has 2 saturated heterocycles. The number of carbonyl (C=O) groups is 1. The molecule has 1 aromatic rings. The molecule has 0 aliphatic carbocycles. The summed E-state index contributed by atoms with van der Waals surface area (Å²) in [5.74, 6) is 0.478. The lowest BCUT2D eigenvalue weighted by atomic mass is 10.1. The van der Waals surface area contributed by atoms with Crippen molar-refractivity contribution in [3.8, 4) is 5.75 Å². The van der Waals surface area contributed by atoms with E-state index in [4.69, 9.17) is 4.74 Å². The van der Waals surface area contributed by atoms with Gasteiger partial charge in [0.25, 0.3) is 0 Å². The Morgan fingerprint density at radius 3 is 2.73 bits per heavy atom. The van der Waals surface area contributed by atoms with Crippen LogP contribution in [0.5, 0.6) is 5.75 Å². The second-order valence-electron chi connectivity index (χ2n) is 5.79. The van der Waals surface area contributed by atoms with Crippen molar-refractivity contribution in [1.82, 2.24) is 10.2 Å². The molecule has 2 aliphatic rings. The molecule has 2 N–H and O–H groups in total. The predicted octanol–water partition coefficient (Wildman–Crippen LogP) is 0.419. The van der Waals surface area contributed by atoms with Crippen LogP contribution in [0.15, 0.2) is 24.3 Å². The van der Waals surface area contributed by atoms with Crippen LogP contribution in [0.25, 0.3) is 0 Å². The van der Waals surface area contributed by atoms with E-state index in [9.17, 15) is 9.90 Å². The maximum Gasteiger partial charge on any atom is 0.224 e. The van der Waals surface area contributed by atoms with E-state index in [0.717, 1.165) is 31.9 Å². The van der Waals surface area contributed by atoms with E-state index in [2.05, 4.69) is 10.2 Å². The first-order valence-electron chi connectivity index (χ1n) is 7.86. The summed E-state index contributed by atoms with van der Waals surface area (Å²) in [6.45, 7) is 5.05. The van der Waals surface area contributed by atoms with Crippen LogP contribution in [0.2, 0.25) is 0 Å². The first-order chi connectivity index (χ1) is 10.7. The number of hydrogen-bond donors (Lipinski definition) is 2. The Balaban J connectivity index is 1.51. The number of nitrogens with one attached hydrogen (secondary N) is 1. The summed E-state index contributed by atoms with van der Waals surface area (Å²) in [4.78, 5) is 16.4. The third-order valence-electron chi connectivity index (χ3n) is 4.27. The van der Waals surface area contributed by atoms with Crippen LogP contribution in [-0.4, -0.2) is 67.9 Å². The van der Waals surface area contributed by atoms with Crippen LogP contribution in [0.1, 0.15) is 6.42 Å². The molecule has 1 atom stereocenters. The molecule has 2 aliphatic heterocycles. The predicted molar refractivity (Wildman–Crippen MR) is 84.1 cm³/mol. The lowest BCUT2D eigenvalue weighted by molar-refractivity contribution is -0.132. The summed E-state index contributed by atoms with van der Waals surface area (Å²) in [7, 11) is 0. The zero-order valence-corrected chi connectivity index (χ0v) is 12.7. The van der Waals surface area contributed by atoms with Gasteiger partial charge >= 0.3 is 0 Å². The van der Waals surface area contributed by atoms with E-state index in [1.807, 2.05) is 23.1 Å². The minimum Gasteiger partial charge on any atom is -0.506 e. The van der Waals surface area contributed by atoms with Crippen molar-refractivity contribution >= 4 is 11.6 Å². The quantitative estimate of drug-likeness (QED) is 0.847. The lowest BCUT2D eigenvalue weighted by Gasteiger charge is -2.37. The van der Waals surface area contributed by atoms with Crippen molar-refractivity contribution < 1.29 is 14.6 Å². The zero-order chi connectivity index (χ0) is 15.4. The molecule has 1 unspecified atom stereocenters. The fourth-order valence-electron chi connectivity index (χ4n) is 3.02. The second kappa shape index (κ2) is 6.98. The van der Waals surface area contributed by atoms with E-state index in [1.165, 1.54) is 0 Å². The number of hydrogen-bond acceptors (Lipinski definition) is 5. The van der Waals surface area contributed by atoms with Crippen molar-refractivity contribution in [1.29, 1.82) is 0 Å². The van der Waals surface area contributed by atoms with Gasteiger partial charge in [-0.25, -0.2) is 0 Å². The van der Waals surface area contributed by atoms with E-state index in [-0.39, 0.29) is 11.9 Å². The Labute approximate surface area is 130 Å². The van der Waals surface area contributed by atoms with Gasteiger partial charge in [0.2, 0.25) is 5.91 Å². The average molecular weight is 305 g/mol. The highest BCUT2D eigenvalue weighted by Crippen LogP contribution is 2.27. The van der Waals surface area contributed by atoms with Crippen molar-refractivity contribution in [2.24, 2.45) is 0 Å². The maximum atomic E-state index is 12.3. The van der Waals surface area contributed by atoms with Gasteiger partial charge in [0.05, 0.1) is 18.9 Å². The number of phenolic OH excluding ortho intramolecular Hbond substituents is 1. The van der Waals surface area contributed by atoms with Gasteiger partial charge in [0, 0.05) is 45.2 Å². The molecule has 1 aromatic carbocycles.